The van der Waals surface area contributed by atoms with Crippen molar-refractivity contribution in [2.45, 2.75) is 33.7 Å². The minimum Gasteiger partial charge on any atom is -0.366 e. The van der Waals surface area contributed by atoms with Crippen molar-refractivity contribution in [1.82, 2.24) is 9.97 Å². The quantitative estimate of drug-likeness (QED) is 0.839. The van der Waals surface area contributed by atoms with E-state index in [1.807, 2.05) is 6.07 Å². The normalized spacial score (nSPS) is 22.5. The number of hydrogen-bond acceptors (Lipinski definition) is 3. The van der Waals surface area contributed by atoms with Crippen molar-refractivity contribution in [3.63, 3.8) is 0 Å². The fourth-order valence-electron chi connectivity index (χ4n) is 2.12. The van der Waals surface area contributed by atoms with Gasteiger partial charge in [0.1, 0.15) is 16.7 Å². The predicted molar refractivity (Wildman–Crippen MR) is 64.7 cm³/mol. The molecule has 1 aromatic heterocycles. The Kier molecular flexibility index (Phi) is 2.30. The highest BCUT2D eigenvalue weighted by atomic mass is 79.9. The summed E-state index contributed by atoms with van der Waals surface area (Å²) in [5, 5.41) is 3.46. The third-order valence-electron chi connectivity index (χ3n) is 3.95. The summed E-state index contributed by atoms with van der Waals surface area (Å²) in [4.78, 5) is 8.20. The van der Waals surface area contributed by atoms with Crippen LogP contribution in [0.15, 0.2) is 17.0 Å². The zero-order chi connectivity index (χ0) is 11.3. The van der Waals surface area contributed by atoms with Crippen LogP contribution in [0.25, 0.3) is 0 Å². The molecule has 1 heterocycles. The van der Waals surface area contributed by atoms with Gasteiger partial charge in [0.2, 0.25) is 0 Å². The van der Waals surface area contributed by atoms with Crippen LogP contribution in [-0.2, 0) is 0 Å². The van der Waals surface area contributed by atoms with Crippen molar-refractivity contribution in [3.8, 4) is 0 Å². The minimum absolute atomic E-state index is 0.324. The third kappa shape index (κ3) is 1.65. The molecule has 0 atom stereocenters. The molecule has 0 saturated heterocycles. The summed E-state index contributed by atoms with van der Waals surface area (Å²) in [7, 11) is 0. The molecule has 4 heteroatoms. The Bertz CT molecular complexity index is 373. The second kappa shape index (κ2) is 3.17. The lowest BCUT2D eigenvalue weighted by molar-refractivity contribution is 0.457. The topological polar surface area (TPSA) is 37.8 Å². The maximum Gasteiger partial charge on any atom is 0.130 e. The Hall–Kier alpha value is -0.640. The number of halogens is 1. The van der Waals surface area contributed by atoms with Crippen LogP contribution in [0.3, 0.4) is 0 Å². The Balaban J connectivity index is 2.12. The summed E-state index contributed by atoms with van der Waals surface area (Å²) in [6.07, 6.45) is 1.56. The van der Waals surface area contributed by atoms with Crippen molar-refractivity contribution in [2.24, 2.45) is 10.8 Å². The molecule has 0 spiro atoms. The van der Waals surface area contributed by atoms with Gasteiger partial charge in [-0.3, -0.25) is 0 Å². The van der Waals surface area contributed by atoms with Crippen molar-refractivity contribution < 1.29 is 0 Å². The fourth-order valence-corrected chi connectivity index (χ4v) is 2.43. The molecular formula is C11H16BrN3. The number of hydrogen-bond donors (Lipinski definition) is 1. The van der Waals surface area contributed by atoms with Gasteiger partial charge in [0.15, 0.2) is 0 Å². The summed E-state index contributed by atoms with van der Waals surface area (Å²) in [5.41, 5.74) is 0.648. The molecule has 82 valence electrons. The van der Waals surface area contributed by atoms with Crippen LogP contribution in [0.5, 0.6) is 0 Å². The van der Waals surface area contributed by atoms with E-state index in [-0.39, 0.29) is 0 Å². The molecule has 0 amide bonds. The number of anilines is 1. The van der Waals surface area contributed by atoms with Crippen molar-refractivity contribution >= 4 is 21.7 Å². The van der Waals surface area contributed by atoms with E-state index in [4.69, 9.17) is 0 Å². The molecule has 1 fully saturated rings. The molecule has 0 unspecified atom stereocenters. The second-order valence-corrected chi connectivity index (χ2v) is 6.06. The fraction of sp³-hybridized carbons (Fsp3) is 0.636. The maximum absolute atomic E-state index is 4.20. The number of nitrogens with one attached hydrogen (secondary N) is 1. The first kappa shape index (κ1) is 10.9. The SMILES string of the molecule is CC1(C)C(Nc2cc(Br)ncn2)C1(C)C. The van der Waals surface area contributed by atoms with Crippen LogP contribution >= 0.6 is 15.9 Å². The monoisotopic (exact) mass is 269 g/mol. The molecule has 1 saturated carbocycles. The second-order valence-electron chi connectivity index (χ2n) is 5.25. The highest BCUT2D eigenvalue weighted by Gasteiger charge is 2.65. The molecular weight excluding hydrogens is 254 g/mol. The summed E-state index contributed by atoms with van der Waals surface area (Å²) >= 11 is 3.34. The lowest BCUT2D eigenvalue weighted by atomic mass is 10.0. The third-order valence-corrected chi connectivity index (χ3v) is 4.38. The zero-order valence-corrected chi connectivity index (χ0v) is 11.1. The maximum atomic E-state index is 4.20. The molecule has 0 radical (unpaired) electrons. The van der Waals surface area contributed by atoms with Gasteiger partial charge in [0.25, 0.3) is 0 Å². The average molecular weight is 270 g/mol. The molecule has 3 nitrogen and oxygen atoms in total. The lowest BCUT2D eigenvalue weighted by Crippen LogP contribution is -2.11. The molecule has 0 aromatic carbocycles. The Labute approximate surface area is 98.8 Å². The molecule has 2 rings (SSSR count). The molecule has 1 aliphatic rings. The largest absolute Gasteiger partial charge is 0.366 e. The average Bonchev–Trinajstić information content (AvgIpc) is 2.48. The number of aromatic nitrogens is 2. The summed E-state index contributed by atoms with van der Waals surface area (Å²) < 4.78 is 0.816. The van der Waals surface area contributed by atoms with Gasteiger partial charge in [-0.25, -0.2) is 9.97 Å². The lowest BCUT2D eigenvalue weighted by Gasteiger charge is -2.06. The van der Waals surface area contributed by atoms with Crippen LogP contribution in [0, 0.1) is 10.8 Å². The van der Waals surface area contributed by atoms with Gasteiger partial charge < -0.3 is 5.32 Å². The minimum atomic E-state index is 0.324. The van der Waals surface area contributed by atoms with Crippen molar-refractivity contribution in [3.05, 3.63) is 17.0 Å². The molecule has 1 N–H and O–H groups in total. The van der Waals surface area contributed by atoms with E-state index in [0.29, 0.717) is 16.9 Å². The van der Waals surface area contributed by atoms with Crippen LogP contribution in [0.2, 0.25) is 0 Å². The van der Waals surface area contributed by atoms with Gasteiger partial charge in [-0.05, 0) is 26.8 Å². The summed E-state index contributed by atoms with van der Waals surface area (Å²) in [6, 6.07) is 2.39. The van der Waals surface area contributed by atoms with E-state index in [2.05, 4.69) is 58.9 Å². The molecule has 15 heavy (non-hydrogen) atoms. The van der Waals surface area contributed by atoms with Gasteiger partial charge in [-0.15, -0.1) is 0 Å². The van der Waals surface area contributed by atoms with Gasteiger partial charge in [0.05, 0.1) is 0 Å². The number of rotatable bonds is 2. The van der Waals surface area contributed by atoms with E-state index in [1.165, 1.54) is 0 Å². The van der Waals surface area contributed by atoms with Crippen LogP contribution < -0.4 is 5.32 Å². The molecule has 1 aliphatic carbocycles. The van der Waals surface area contributed by atoms with E-state index >= 15 is 0 Å². The van der Waals surface area contributed by atoms with Crippen LogP contribution in [0.4, 0.5) is 5.82 Å². The molecule has 1 aromatic rings. The van der Waals surface area contributed by atoms with E-state index < -0.39 is 0 Å². The van der Waals surface area contributed by atoms with Gasteiger partial charge in [-0.2, -0.15) is 0 Å². The predicted octanol–water partition coefficient (Wildman–Crippen LogP) is 3.09. The van der Waals surface area contributed by atoms with E-state index in [0.717, 1.165) is 10.4 Å². The van der Waals surface area contributed by atoms with E-state index in [1.54, 1.807) is 6.33 Å². The first-order valence-corrected chi connectivity index (χ1v) is 5.89. The summed E-state index contributed by atoms with van der Waals surface area (Å²) in [6.45, 7) is 9.11. The smallest absolute Gasteiger partial charge is 0.130 e. The first-order valence-electron chi connectivity index (χ1n) is 5.10. The highest BCUT2D eigenvalue weighted by Crippen LogP contribution is 2.63. The highest BCUT2D eigenvalue weighted by molar-refractivity contribution is 9.10. The van der Waals surface area contributed by atoms with Gasteiger partial charge in [0, 0.05) is 12.1 Å². The zero-order valence-electron chi connectivity index (χ0n) is 9.50. The van der Waals surface area contributed by atoms with Crippen molar-refractivity contribution in [2.75, 3.05) is 5.32 Å². The van der Waals surface area contributed by atoms with E-state index in [9.17, 15) is 0 Å². The number of nitrogens with zero attached hydrogens (tertiary/aromatic N) is 2. The Morgan fingerprint density at radius 2 is 1.80 bits per heavy atom. The Morgan fingerprint density at radius 1 is 1.20 bits per heavy atom. The molecule has 0 aliphatic heterocycles. The summed E-state index contributed by atoms with van der Waals surface area (Å²) in [5.74, 6) is 0.889. The van der Waals surface area contributed by atoms with Crippen LogP contribution in [0.1, 0.15) is 27.7 Å². The molecule has 0 bridgehead atoms. The first-order chi connectivity index (χ1) is 6.85. The van der Waals surface area contributed by atoms with Crippen molar-refractivity contribution in [1.29, 1.82) is 0 Å². The standard InChI is InChI=1S/C11H16BrN3/c1-10(2)9(11(10,3)4)15-8-5-7(12)13-6-14-8/h5-6,9H,1-4H3,(H,13,14,15). The Morgan fingerprint density at radius 3 is 2.27 bits per heavy atom. The van der Waals surface area contributed by atoms with Gasteiger partial charge in [-0.1, -0.05) is 27.7 Å². The van der Waals surface area contributed by atoms with Gasteiger partial charge >= 0.3 is 0 Å². The van der Waals surface area contributed by atoms with Crippen LogP contribution in [-0.4, -0.2) is 16.0 Å².